The van der Waals surface area contributed by atoms with Gasteiger partial charge in [0, 0.05) is 17.7 Å². The summed E-state index contributed by atoms with van der Waals surface area (Å²) < 4.78 is 45.0. The molecule has 5 rings (SSSR count). The number of carbonyl (C=O) groups is 2. The van der Waals surface area contributed by atoms with Crippen molar-refractivity contribution >= 4 is 11.9 Å². The lowest BCUT2D eigenvalue weighted by Gasteiger charge is -2.43. The van der Waals surface area contributed by atoms with Crippen molar-refractivity contribution in [2.24, 2.45) is 15.6 Å². The molecule has 0 radical (unpaired) electrons. The van der Waals surface area contributed by atoms with Gasteiger partial charge in [-0.15, -0.1) is 10.2 Å². The highest BCUT2D eigenvalue weighted by atomic mass is 19.4. The SMILES string of the molecule is CC1(C)OC2(CNC(=O)c3ccc(C4(C(F)(F)F)N=N4)cc3)CC1(C(=O)O)C2. The number of nitrogens with zero attached hydrogens (tertiary/aromatic N) is 2. The zero-order chi connectivity index (χ0) is 20.6. The van der Waals surface area contributed by atoms with E-state index in [0.717, 1.165) is 0 Å². The molecule has 3 heterocycles. The van der Waals surface area contributed by atoms with Crippen molar-refractivity contribution in [2.45, 2.75) is 49.7 Å². The third-order valence-corrected chi connectivity index (χ3v) is 6.10. The average molecular weight is 397 g/mol. The second-order valence-corrected chi connectivity index (χ2v) is 8.17. The third kappa shape index (κ3) is 2.40. The number of fused-ring (bicyclic) bond motifs is 1. The van der Waals surface area contributed by atoms with Crippen LogP contribution in [-0.2, 0) is 15.2 Å². The Kier molecular flexibility index (Phi) is 3.58. The van der Waals surface area contributed by atoms with Crippen LogP contribution < -0.4 is 5.32 Å². The number of carbonyl (C=O) groups excluding carboxylic acids is 1. The molecule has 4 aliphatic rings. The van der Waals surface area contributed by atoms with Crippen LogP contribution in [0.15, 0.2) is 34.5 Å². The van der Waals surface area contributed by atoms with Crippen molar-refractivity contribution in [3.05, 3.63) is 35.4 Å². The zero-order valence-corrected chi connectivity index (χ0v) is 15.1. The van der Waals surface area contributed by atoms with Crippen molar-refractivity contribution in [3.8, 4) is 0 Å². The first-order chi connectivity index (χ1) is 12.9. The highest BCUT2D eigenvalue weighted by Crippen LogP contribution is 2.66. The number of benzene rings is 1. The standard InChI is InChI=1S/C18H18F3N3O4/c1-14(2)16(13(26)27)7-15(8-16,28-14)9-22-12(25)10-3-5-11(6-4-10)17(23-24-17)18(19,20)21/h3-6H,7-9H2,1-2H3,(H,22,25)(H,26,27). The molecule has 0 aromatic heterocycles. The molecule has 1 saturated carbocycles. The fourth-order valence-corrected chi connectivity index (χ4v) is 4.39. The van der Waals surface area contributed by atoms with Crippen LogP contribution in [0.25, 0.3) is 0 Å². The van der Waals surface area contributed by atoms with Crippen molar-refractivity contribution in [3.63, 3.8) is 0 Å². The Balaban J connectivity index is 1.40. The van der Waals surface area contributed by atoms with E-state index in [2.05, 4.69) is 15.5 Å². The number of carboxylic acid groups (broad SMARTS) is 1. The minimum absolute atomic E-state index is 0.128. The lowest BCUT2D eigenvalue weighted by atomic mass is 9.56. The summed E-state index contributed by atoms with van der Waals surface area (Å²) in [5.74, 6) is -1.39. The summed E-state index contributed by atoms with van der Waals surface area (Å²) in [7, 11) is 0. The molecule has 1 aliphatic carbocycles. The molecule has 1 aromatic rings. The minimum atomic E-state index is -4.62. The van der Waals surface area contributed by atoms with Gasteiger partial charge in [-0.2, -0.15) is 13.2 Å². The van der Waals surface area contributed by atoms with E-state index >= 15 is 0 Å². The topological polar surface area (TPSA) is 100 Å². The number of carboxylic acids is 1. The molecule has 28 heavy (non-hydrogen) atoms. The van der Waals surface area contributed by atoms with Crippen LogP contribution in [0.4, 0.5) is 13.2 Å². The van der Waals surface area contributed by atoms with E-state index < -0.39 is 40.3 Å². The molecule has 10 heteroatoms. The smallest absolute Gasteiger partial charge is 0.442 e. The van der Waals surface area contributed by atoms with E-state index in [4.69, 9.17) is 4.74 Å². The predicted molar refractivity (Wildman–Crippen MR) is 88.6 cm³/mol. The van der Waals surface area contributed by atoms with Gasteiger partial charge < -0.3 is 15.2 Å². The van der Waals surface area contributed by atoms with Gasteiger partial charge in [0.05, 0.1) is 11.2 Å². The van der Waals surface area contributed by atoms with Crippen LogP contribution in [0.5, 0.6) is 0 Å². The van der Waals surface area contributed by atoms with Gasteiger partial charge in [-0.05, 0) is 38.8 Å². The van der Waals surface area contributed by atoms with Crippen molar-refractivity contribution in [2.75, 3.05) is 6.54 Å². The van der Waals surface area contributed by atoms with Gasteiger partial charge in [0.25, 0.3) is 5.91 Å². The Labute approximate surface area is 158 Å². The number of aliphatic carboxylic acids is 1. The summed E-state index contributed by atoms with van der Waals surface area (Å²) in [5, 5.41) is 18.4. The molecule has 2 saturated heterocycles. The lowest BCUT2D eigenvalue weighted by molar-refractivity contribution is -0.166. The monoisotopic (exact) mass is 397 g/mol. The van der Waals surface area contributed by atoms with E-state index in [1.807, 2.05) is 0 Å². The molecule has 3 aliphatic heterocycles. The Morgan fingerprint density at radius 2 is 1.75 bits per heavy atom. The Hall–Kier alpha value is -2.49. The molecule has 1 amide bonds. The van der Waals surface area contributed by atoms with Crippen LogP contribution in [0.3, 0.4) is 0 Å². The predicted octanol–water partition coefficient (Wildman–Crippen LogP) is 3.01. The molecule has 7 nitrogen and oxygen atoms in total. The summed E-state index contributed by atoms with van der Waals surface area (Å²) in [6.07, 6.45) is -4.01. The van der Waals surface area contributed by atoms with Crippen molar-refractivity contribution in [1.29, 1.82) is 0 Å². The number of hydrogen-bond acceptors (Lipinski definition) is 5. The summed E-state index contributed by atoms with van der Waals surface area (Å²) in [6, 6.07) is 4.91. The highest BCUT2D eigenvalue weighted by Gasteiger charge is 2.75. The molecule has 0 spiro atoms. The van der Waals surface area contributed by atoms with Crippen LogP contribution in [0.1, 0.15) is 42.6 Å². The molecule has 1 aromatic carbocycles. The number of halogens is 3. The zero-order valence-electron chi connectivity index (χ0n) is 15.1. The minimum Gasteiger partial charge on any atom is -0.481 e. The van der Waals surface area contributed by atoms with E-state index in [1.165, 1.54) is 24.3 Å². The molecule has 0 atom stereocenters. The first-order valence-corrected chi connectivity index (χ1v) is 8.70. The van der Waals surface area contributed by atoms with E-state index in [9.17, 15) is 27.9 Å². The van der Waals surface area contributed by atoms with Gasteiger partial charge in [0.1, 0.15) is 5.41 Å². The van der Waals surface area contributed by atoms with E-state index in [-0.39, 0.29) is 17.7 Å². The molecular weight excluding hydrogens is 379 g/mol. The number of rotatable bonds is 5. The Bertz CT molecular complexity index is 880. The Morgan fingerprint density at radius 1 is 1.18 bits per heavy atom. The number of amides is 1. The summed E-state index contributed by atoms with van der Waals surface area (Å²) in [6.45, 7) is 3.57. The number of hydrogen-bond donors (Lipinski definition) is 2. The molecule has 2 bridgehead atoms. The largest absolute Gasteiger partial charge is 0.481 e. The second-order valence-electron chi connectivity index (χ2n) is 8.17. The van der Waals surface area contributed by atoms with Crippen LogP contribution in [0.2, 0.25) is 0 Å². The van der Waals surface area contributed by atoms with Crippen molar-refractivity contribution in [1.82, 2.24) is 5.32 Å². The van der Waals surface area contributed by atoms with E-state index in [0.29, 0.717) is 12.8 Å². The van der Waals surface area contributed by atoms with Gasteiger partial charge >= 0.3 is 17.8 Å². The van der Waals surface area contributed by atoms with Gasteiger partial charge in [-0.25, -0.2) is 0 Å². The highest BCUT2D eigenvalue weighted by molar-refractivity contribution is 5.94. The van der Waals surface area contributed by atoms with E-state index in [1.54, 1.807) is 13.8 Å². The maximum Gasteiger partial charge on any atom is 0.442 e. The quantitative estimate of drug-likeness (QED) is 0.798. The van der Waals surface area contributed by atoms with Gasteiger partial charge in [-0.1, -0.05) is 12.1 Å². The van der Waals surface area contributed by atoms with Crippen LogP contribution in [-0.4, -0.2) is 40.9 Å². The molecule has 2 N–H and O–H groups in total. The summed E-state index contributed by atoms with van der Waals surface area (Å²) >= 11 is 0. The maximum absolute atomic E-state index is 13.0. The molecule has 150 valence electrons. The van der Waals surface area contributed by atoms with Gasteiger partial charge in [0.15, 0.2) is 0 Å². The first-order valence-electron chi connectivity index (χ1n) is 8.70. The third-order valence-electron chi connectivity index (χ3n) is 6.10. The fraction of sp³-hybridized carbons (Fsp3) is 0.556. The maximum atomic E-state index is 13.0. The average Bonchev–Trinajstić information content (AvgIpc) is 3.30. The lowest BCUT2D eigenvalue weighted by Crippen LogP contribution is -2.56. The fourth-order valence-electron chi connectivity index (χ4n) is 4.39. The number of nitrogens with one attached hydrogen (secondary N) is 1. The van der Waals surface area contributed by atoms with Crippen LogP contribution in [0, 0.1) is 5.41 Å². The van der Waals surface area contributed by atoms with Crippen LogP contribution >= 0.6 is 0 Å². The summed E-state index contributed by atoms with van der Waals surface area (Å²) in [4.78, 5) is 24.0. The number of alkyl halides is 3. The normalized spacial score (nSPS) is 31.2. The summed E-state index contributed by atoms with van der Waals surface area (Å²) in [5.41, 5.74) is -5.02. The molecule has 0 unspecified atom stereocenters. The molecule has 3 fully saturated rings. The van der Waals surface area contributed by atoms with Gasteiger partial charge in [-0.3, -0.25) is 9.59 Å². The van der Waals surface area contributed by atoms with Gasteiger partial charge in [0.2, 0.25) is 0 Å². The second kappa shape index (κ2) is 5.31. The van der Waals surface area contributed by atoms with Crippen molar-refractivity contribution < 1.29 is 32.6 Å². The molecular formula is C18H18F3N3O4. The first kappa shape index (κ1) is 18.9. The Morgan fingerprint density at radius 3 is 2.18 bits per heavy atom. The number of ether oxygens (including phenoxy) is 1.